The molecular formula is C15H19F2NO2. The highest BCUT2D eigenvalue weighted by atomic mass is 19.3. The normalized spacial score (nSPS) is 29.2. The lowest BCUT2D eigenvalue weighted by Gasteiger charge is -2.48. The number of amides is 1. The number of carboxylic acid groups (broad SMARTS) is 1. The predicted octanol–water partition coefficient (Wildman–Crippen LogP) is 3.64. The molecule has 5 heteroatoms. The lowest BCUT2D eigenvalue weighted by Crippen LogP contribution is -2.61. The molecule has 1 N–H and O–H groups in total. The number of carbonyl (C=O) groups is 1. The van der Waals surface area contributed by atoms with Crippen LogP contribution in [0.15, 0.2) is 30.3 Å². The van der Waals surface area contributed by atoms with Crippen LogP contribution in [-0.4, -0.2) is 34.1 Å². The Morgan fingerprint density at radius 1 is 1.40 bits per heavy atom. The summed E-state index contributed by atoms with van der Waals surface area (Å²) in [5, 5.41) is 9.32. The molecule has 2 atom stereocenters. The van der Waals surface area contributed by atoms with Gasteiger partial charge in [0.1, 0.15) is 0 Å². The van der Waals surface area contributed by atoms with Crippen molar-refractivity contribution in [3.05, 3.63) is 35.9 Å². The van der Waals surface area contributed by atoms with Crippen LogP contribution in [0.2, 0.25) is 0 Å². The molecule has 1 aromatic carbocycles. The van der Waals surface area contributed by atoms with Crippen LogP contribution in [0, 0.1) is 5.92 Å². The summed E-state index contributed by atoms with van der Waals surface area (Å²) in [6, 6.07) is 9.17. The van der Waals surface area contributed by atoms with Crippen molar-refractivity contribution in [3.8, 4) is 0 Å². The van der Waals surface area contributed by atoms with Gasteiger partial charge in [0.2, 0.25) is 0 Å². The van der Waals surface area contributed by atoms with Crippen LogP contribution in [0.3, 0.4) is 0 Å². The van der Waals surface area contributed by atoms with Gasteiger partial charge >= 0.3 is 6.09 Å². The standard InChI is InChI=1S/C15H19F2NO2/c1-11-9-18(13(19)20)14(2,10-15(11,16)17)8-12-6-4-3-5-7-12/h3-7,11H,8-10H2,1-2H3,(H,19,20). The van der Waals surface area contributed by atoms with Crippen LogP contribution in [0.5, 0.6) is 0 Å². The van der Waals surface area contributed by atoms with Crippen molar-refractivity contribution >= 4 is 6.09 Å². The number of hydrogen-bond acceptors (Lipinski definition) is 1. The van der Waals surface area contributed by atoms with Gasteiger partial charge < -0.3 is 10.0 Å². The highest BCUT2D eigenvalue weighted by molar-refractivity contribution is 5.66. The Labute approximate surface area is 117 Å². The molecule has 1 heterocycles. The number of hydrogen-bond donors (Lipinski definition) is 1. The van der Waals surface area contributed by atoms with E-state index in [9.17, 15) is 18.7 Å². The fraction of sp³-hybridized carbons (Fsp3) is 0.533. The van der Waals surface area contributed by atoms with E-state index in [0.29, 0.717) is 6.42 Å². The highest BCUT2D eigenvalue weighted by Gasteiger charge is 2.53. The van der Waals surface area contributed by atoms with Gasteiger partial charge in [-0.05, 0) is 18.9 Å². The molecule has 0 aromatic heterocycles. The van der Waals surface area contributed by atoms with Gasteiger partial charge in [0.15, 0.2) is 0 Å². The number of alkyl halides is 2. The first-order valence-corrected chi connectivity index (χ1v) is 6.67. The molecule has 3 nitrogen and oxygen atoms in total. The van der Waals surface area contributed by atoms with Gasteiger partial charge in [-0.3, -0.25) is 0 Å². The third-order valence-corrected chi connectivity index (χ3v) is 4.10. The minimum Gasteiger partial charge on any atom is -0.465 e. The van der Waals surface area contributed by atoms with Gasteiger partial charge in [0, 0.05) is 18.9 Å². The van der Waals surface area contributed by atoms with Crippen LogP contribution in [0.1, 0.15) is 25.8 Å². The lowest BCUT2D eigenvalue weighted by molar-refractivity contribution is -0.136. The van der Waals surface area contributed by atoms with Crippen molar-refractivity contribution in [1.29, 1.82) is 0 Å². The van der Waals surface area contributed by atoms with Gasteiger partial charge in [-0.25, -0.2) is 13.6 Å². The number of piperidine rings is 1. The topological polar surface area (TPSA) is 40.5 Å². The van der Waals surface area contributed by atoms with Crippen molar-refractivity contribution in [2.45, 2.75) is 38.2 Å². The average molecular weight is 283 g/mol. The third kappa shape index (κ3) is 2.76. The SMILES string of the molecule is CC1CN(C(=O)O)C(C)(Cc2ccccc2)CC1(F)F. The summed E-state index contributed by atoms with van der Waals surface area (Å²) in [6.07, 6.45) is -1.28. The van der Waals surface area contributed by atoms with E-state index >= 15 is 0 Å². The second-order valence-electron chi connectivity index (χ2n) is 5.89. The van der Waals surface area contributed by atoms with E-state index < -0.39 is 29.9 Å². The maximum atomic E-state index is 14.0. The van der Waals surface area contributed by atoms with Crippen molar-refractivity contribution in [1.82, 2.24) is 4.90 Å². The molecule has 0 spiro atoms. The first kappa shape index (κ1) is 14.8. The summed E-state index contributed by atoms with van der Waals surface area (Å²) in [4.78, 5) is 12.6. The summed E-state index contributed by atoms with van der Waals surface area (Å²) in [6.45, 7) is 2.87. The maximum absolute atomic E-state index is 14.0. The number of benzene rings is 1. The third-order valence-electron chi connectivity index (χ3n) is 4.10. The van der Waals surface area contributed by atoms with Crippen molar-refractivity contribution in [3.63, 3.8) is 0 Å². The van der Waals surface area contributed by atoms with Gasteiger partial charge in [0.05, 0.1) is 5.54 Å². The fourth-order valence-corrected chi connectivity index (χ4v) is 2.91. The Morgan fingerprint density at radius 2 is 2.00 bits per heavy atom. The van der Waals surface area contributed by atoms with E-state index in [-0.39, 0.29) is 6.54 Å². The van der Waals surface area contributed by atoms with E-state index in [2.05, 4.69) is 0 Å². The summed E-state index contributed by atoms with van der Waals surface area (Å²) >= 11 is 0. The smallest absolute Gasteiger partial charge is 0.407 e. The molecular weight excluding hydrogens is 264 g/mol. The number of nitrogens with zero attached hydrogens (tertiary/aromatic N) is 1. The number of rotatable bonds is 2. The minimum absolute atomic E-state index is 0.133. The largest absolute Gasteiger partial charge is 0.465 e. The van der Waals surface area contributed by atoms with Crippen molar-refractivity contribution in [2.75, 3.05) is 6.54 Å². The Morgan fingerprint density at radius 3 is 2.55 bits per heavy atom. The van der Waals surface area contributed by atoms with Gasteiger partial charge in [-0.2, -0.15) is 0 Å². The summed E-state index contributed by atoms with van der Waals surface area (Å²) in [5.41, 5.74) is -0.213. The van der Waals surface area contributed by atoms with Gasteiger partial charge in [-0.1, -0.05) is 37.3 Å². The Bertz CT molecular complexity index is 492. The van der Waals surface area contributed by atoms with E-state index in [4.69, 9.17) is 0 Å². The molecule has 2 unspecified atom stereocenters. The quantitative estimate of drug-likeness (QED) is 0.900. The molecule has 1 aliphatic heterocycles. The Kier molecular flexibility index (Phi) is 3.71. The second kappa shape index (κ2) is 5.04. The van der Waals surface area contributed by atoms with E-state index in [0.717, 1.165) is 5.56 Å². The Hall–Kier alpha value is -1.65. The molecule has 20 heavy (non-hydrogen) atoms. The monoisotopic (exact) mass is 283 g/mol. The molecule has 110 valence electrons. The fourth-order valence-electron chi connectivity index (χ4n) is 2.91. The molecule has 1 aromatic rings. The number of halogens is 2. The molecule has 0 saturated carbocycles. The zero-order chi connectivity index (χ0) is 15.0. The van der Waals surface area contributed by atoms with Crippen LogP contribution >= 0.6 is 0 Å². The zero-order valence-corrected chi connectivity index (χ0v) is 11.6. The number of likely N-dealkylation sites (tertiary alicyclic amines) is 1. The van der Waals surface area contributed by atoms with Crippen LogP contribution in [-0.2, 0) is 6.42 Å². The summed E-state index contributed by atoms with van der Waals surface area (Å²) in [5.74, 6) is -3.79. The first-order valence-electron chi connectivity index (χ1n) is 6.67. The summed E-state index contributed by atoms with van der Waals surface area (Å²) < 4.78 is 28.0. The predicted molar refractivity (Wildman–Crippen MR) is 72.0 cm³/mol. The zero-order valence-electron chi connectivity index (χ0n) is 11.6. The van der Waals surface area contributed by atoms with E-state index in [1.165, 1.54) is 11.8 Å². The minimum atomic E-state index is -2.84. The molecule has 1 amide bonds. The molecule has 1 aliphatic rings. The molecule has 1 saturated heterocycles. The lowest BCUT2D eigenvalue weighted by atomic mass is 9.78. The van der Waals surface area contributed by atoms with Crippen molar-refractivity contribution in [2.24, 2.45) is 5.92 Å². The second-order valence-corrected chi connectivity index (χ2v) is 5.89. The summed E-state index contributed by atoms with van der Waals surface area (Å²) in [7, 11) is 0. The molecule has 0 radical (unpaired) electrons. The average Bonchev–Trinajstić information content (AvgIpc) is 2.34. The maximum Gasteiger partial charge on any atom is 0.407 e. The van der Waals surface area contributed by atoms with E-state index in [1.54, 1.807) is 6.92 Å². The van der Waals surface area contributed by atoms with Crippen LogP contribution in [0.4, 0.5) is 13.6 Å². The van der Waals surface area contributed by atoms with Crippen LogP contribution in [0.25, 0.3) is 0 Å². The van der Waals surface area contributed by atoms with Crippen LogP contribution < -0.4 is 0 Å². The first-order chi connectivity index (χ1) is 9.24. The molecule has 1 fully saturated rings. The van der Waals surface area contributed by atoms with Gasteiger partial charge in [-0.15, -0.1) is 0 Å². The molecule has 0 aliphatic carbocycles. The Balaban J connectivity index is 2.30. The molecule has 0 bridgehead atoms. The molecule has 2 rings (SSSR count). The van der Waals surface area contributed by atoms with Crippen molar-refractivity contribution < 1.29 is 18.7 Å². The van der Waals surface area contributed by atoms with Gasteiger partial charge in [0.25, 0.3) is 5.92 Å². The van der Waals surface area contributed by atoms with E-state index in [1.807, 2.05) is 30.3 Å². The highest BCUT2D eigenvalue weighted by Crippen LogP contribution is 2.43.